The Morgan fingerprint density at radius 2 is 1.53 bits per heavy atom. The zero-order valence-corrected chi connectivity index (χ0v) is 27.1. The van der Waals surface area contributed by atoms with Gasteiger partial charge in [0, 0.05) is 61.3 Å². The van der Waals surface area contributed by atoms with Gasteiger partial charge in [0.25, 0.3) is 11.8 Å². The van der Waals surface area contributed by atoms with Gasteiger partial charge in [0.2, 0.25) is 0 Å². The van der Waals surface area contributed by atoms with Gasteiger partial charge in [-0.2, -0.15) is 5.10 Å². The van der Waals surface area contributed by atoms with Crippen molar-refractivity contribution in [3.05, 3.63) is 90.4 Å². The van der Waals surface area contributed by atoms with Crippen molar-refractivity contribution in [2.45, 2.75) is 57.7 Å². The normalized spacial score (nSPS) is 17.0. The van der Waals surface area contributed by atoms with Crippen molar-refractivity contribution in [1.82, 2.24) is 29.9 Å². The first-order chi connectivity index (χ1) is 22.5. The smallest absolute Gasteiger partial charge is 0.410 e. The lowest BCUT2D eigenvalue weighted by molar-refractivity contribution is 0.0184. The number of likely N-dealkylation sites (tertiary alicyclic amines) is 2. The van der Waals surface area contributed by atoms with Crippen LogP contribution in [0.4, 0.5) is 10.6 Å². The monoisotopic (exact) mass is 635 g/mol. The van der Waals surface area contributed by atoms with Gasteiger partial charge >= 0.3 is 6.09 Å². The molecule has 2 aliphatic rings. The topological polar surface area (TPSA) is 136 Å². The molecule has 0 radical (unpaired) electrons. The molecule has 11 heteroatoms. The van der Waals surface area contributed by atoms with Gasteiger partial charge in [-0.05, 0) is 69.4 Å². The quantitative estimate of drug-likeness (QED) is 0.289. The number of nitrogen functional groups attached to an aromatic ring is 1. The maximum atomic E-state index is 13.4. The molecule has 4 heterocycles. The van der Waals surface area contributed by atoms with E-state index in [1.165, 1.54) is 0 Å². The van der Waals surface area contributed by atoms with Crippen molar-refractivity contribution < 1.29 is 19.1 Å². The molecule has 0 aliphatic carbocycles. The maximum absolute atomic E-state index is 13.4. The average molecular weight is 636 g/mol. The van der Waals surface area contributed by atoms with Crippen LogP contribution in [-0.2, 0) is 4.74 Å². The number of nitrogens with zero attached hydrogens (tertiary/aromatic N) is 5. The van der Waals surface area contributed by atoms with Crippen LogP contribution in [0.3, 0.4) is 0 Å². The van der Waals surface area contributed by atoms with E-state index in [-0.39, 0.29) is 41.4 Å². The Hall–Kier alpha value is -5.19. The molecule has 2 fully saturated rings. The Bertz CT molecular complexity index is 1740. The Morgan fingerprint density at radius 3 is 2.23 bits per heavy atom. The molecule has 1 atom stereocenters. The summed E-state index contributed by atoms with van der Waals surface area (Å²) < 4.78 is 7.42. The minimum absolute atomic E-state index is 0.0583. The van der Waals surface area contributed by atoms with Crippen LogP contribution >= 0.6 is 0 Å². The lowest BCUT2D eigenvalue weighted by Crippen LogP contribution is -2.42. The van der Waals surface area contributed by atoms with Crippen LogP contribution in [0.15, 0.2) is 79.3 Å². The van der Waals surface area contributed by atoms with Crippen molar-refractivity contribution in [2.75, 3.05) is 31.9 Å². The number of benzene rings is 2. The molecule has 2 saturated heterocycles. The Morgan fingerprint density at radius 1 is 0.851 bits per heavy atom. The summed E-state index contributed by atoms with van der Waals surface area (Å²) in [6.45, 7) is 7.74. The van der Waals surface area contributed by atoms with Crippen molar-refractivity contribution in [3.63, 3.8) is 0 Å². The number of amides is 3. The molecule has 4 aromatic rings. The molecular formula is C36H41N7O4. The van der Waals surface area contributed by atoms with Crippen LogP contribution in [0.25, 0.3) is 22.3 Å². The summed E-state index contributed by atoms with van der Waals surface area (Å²) in [7, 11) is 0. The molecule has 0 saturated carbocycles. The highest BCUT2D eigenvalue weighted by Gasteiger charge is 2.30. The second-order valence-corrected chi connectivity index (χ2v) is 13.2. The zero-order chi connectivity index (χ0) is 33.1. The predicted molar refractivity (Wildman–Crippen MR) is 180 cm³/mol. The highest BCUT2D eigenvalue weighted by atomic mass is 16.6. The van der Waals surface area contributed by atoms with Crippen LogP contribution in [0.2, 0.25) is 0 Å². The zero-order valence-electron chi connectivity index (χ0n) is 27.1. The molecule has 6 rings (SSSR count). The standard InChI is InChI=1S/C36H41N7O4/c1-36(2,3)47-35(46)41-17-14-30(15-18-41)43-22-28(21-39-43)27-19-31(32(37)38-20-27)33(44)40-29-13-16-42(23-29)34(45)26-11-9-25(10-12-26)24-7-5-4-6-8-24/h4-12,19-22,29-30H,13-18,23H2,1-3H3,(H2,37,38)(H,40,44)/t29-/m1/s1. The number of ether oxygens (including phenoxy) is 1. The first-order valence-corrected chi connectivity index (χ1v) is 16.1. The number of pyridine rings is 1. The van der Waals surface area contributed by atoms with E-state index in [2.05, 4.69) is 15.4 Å². The summed E-state index contributed by atoms with van der Waals surface area (Å²) in [6, 6.07) is 19.3. The SMILES string of the molecule is CC(C)(C)OC(=O)N1CCC(n2cc(-c3cnc(N)c(C(=O)N[C@@H]4CCN(C(=O)c5ccc(-c6ccccc6)cc5)C4)c3)cn2)CC1. The van der Waals surface area contributed by atoms with Gasteiger partial charge in [-0.25, -0.2) is 9.78 Å². The molecule has 3 amide bonds. The number of nitrogens with two attached hydrogens (primary N) is 1. The third-order valence-electron chi connectivity index (χ3n) is 8.64. The van der Waals surface area contributed by atoms with Crippen LogP contribution in [0.5, 0.6) is 0 Å². The average Bonchev–Trinajstić information content (AvgIpc) is 3.75. The highest BCUT2D eigenvalue weighted by molar-refractivity contribution is 6.00. The van der Waals surface area contributed by atoms with Crippen molar-refractivity contribution >= 4 is 23.7 Å². The fourth-order valence-corrected chi connectivity index (χ4v) is 6.09. The van der Waals surface area contributed by atoms with E-state index in [9.17, 15) is 14.4 Å². The second-order valence-electron chi connectivity index (χ2n) is 13.2. The van der Waals surface area contributed by atoms with Gasteiger partial charge in [0.05, 0.1) is 17.8 Å². The molecule has 11 nitrogen and oxygen atoms in total. The number of piperidine rings is 1. The van der Waals surface area contributed by atoms with Crippen LogP contribution in [0.1, 0.15) is 66.8 Å². The molecule has 2 aliphatic heterocycles. The van der Waals surface area contributed by atoms with E-state index in [1.54, 1.807) is 28.3 Å². The summed E-state index contributed by atoms with van der Waals surface area (Å²) in [5, 5.41) is 7.63. The molecular weight excluding hydrogens is 594 g/mol. The highest BCUT2D eigenvalue weighted by Crippen LogP contribution is 2.28. The van der Waals surface area contributed by atoms with Crippen LogP contribution < -0.4 is 11.1 Å². The van der Waals surface area contributed by atoms with Gasteiger partial charge in [-0.1, -0.05) is 42.5 Å². The second kappa shape index (κ2) is 13.3. The fourth-order valence-electron chi connectivity index (χ4n) is 6.09. The first kappa shape index (κ1) is 31.8. The first-order valence-electron chi connectivity index (χ1n) is 16.1. The minimum Gasteiger partial charge on any atom is -0.444 e. The van der Waals surface area contributed by atoms with E-state index in [0.717, 1.165) is 35.1 Å². The molecule has 244 valence electrons. The predicted octanol–water partition coefficient (Wildman–Crippen LogP) is 5.41. The number of hydrogen-bond acceptors (Lipinski definition) is 7. The number of anilines is 1. The molecule has 2 aromatic heterocycles. The van der Waals surface area contributed by atoms with Crippen LogP contribution in [-0.4, -0.2) is 80.3 Å². The molecule has 0 unspecified atom stereocenters. The lowest BCUT2D eigenvalue weighted by Gasteiger charge is -2.33. The molecule has 47 heavy (non-hydrogen) atoms. The molecule has 2 aromatic carbocycles. The number of carbonyl (C=O) groups is 3. The molecule has 3 N–H and O–H groups in total. The minimum atomic E-state index is -0.527. The summed E-state index contributed by atoms with van der Waals surface area (Å²) in [4.78, 5) is 46.8. The van der Waals surface area contributed by atoms with Crippen molar-refractivity contribution in [3.8, 4) is 22.3 Å². The maximum Gasteiger partial charge on any atom is 0.410 e. The van der Waals surface area contributed by atoms with Gasteiger partial charge in [0.15, 0.2) is 0 Å². The van der Waals surface area contributed by atoms with Gasteiger partial charge in [-0.3, -0.25) is 14.3 Å². The number of carbonyl (C=O) groups excluding carboxylic acids is 3. The van der Waals surface area contributed by atoms with Crippen LogP contribution in [0, 0.1) is 0 Å². The summed E-state index contributed by atoms with van der Waals surface area (Å²) >= 11 is 0. The summed E-state index contributed by atoms with van der Waals surface area (Å²) in [6.07, 6.45) is 7.20. The van der Waals surface area contributed by atoms with Gasteiger partial charge < -0.3 is 25.6 Å². The largest absolute Gasteiger partial charge is 0.444 e. The third-order valence-corrected chi connectivity index (χ3v) is 8.64. The van der Waals surface area contributed by atoms with E-state index < -0.39 is 5.60 Å². The van der Waals surface area contributed by atoms with Gasteiger partial charge in [-0.15, -0.1) is 0 Å². The lowest BCUT2D eigenvalue weighted by atomic mass is 10.0. The summed E-state index contributed by atoms with van der Waals surface area (Å²) in [5.74, 6) is -0.250. The summed E-state index contributed by atoms with van der Waals surface area (Å²) in [5.41, 5.74) is 10.2. The van der Waals surface area contributed by atoms with Gasteiger partial charge in [0.1, 0.15) is 11.4 Å². The Kier molecular flexibility index (Phi) is 8.97. The number of hydrogen-bond donors (Lipinski definition) is 2. The number of rotatable bonds is 6. The molecule has 0 bridgehead atoms. The number of aromatic nitrogens is 3. The van der Waals surface area contributed by atoms with Crippen molar-refractivity contribution in [1.29, 1.82) is 0 Å². The van der Waals surface area contributed by atoms with E-state index >= 15 is 0 Å². The molecule has 0 spiro atoms. The Balaban J connectivity index is 1.04. The number of nitrogens with one attached hydrogen (secondary N) is 1. The van der Waals surface area contributed by atoms with E-state index in [0.29, 0.717) is 38.2 Å². The fraction of sp³-hybridized carbons (Fsp3) is 0.361. The van der Waals surface area contributed by atoms with Crippen molar-refractivity contribution in [2.24, 2.45) is 0 Å². The Labute approximate surface area is 274 Å². The van der Waals surface area contributed by atoms with E-state index in [4.69, 9.17) is 10.5 Å². The third kappa shape index (κ3) is 7.45. The van der Waals surface area contributed by atoms with E-state index in [1.807, 2.05) is 86.2 Å².